The van der Waals surface area contributed by atoms with Crippen molar-refractivity contribution in [2.75, 3.05) is 0 Å². The summed E-state index contributed by atoms with van der Waals surface area (Å²) in [6.45, 7) is 3.67. The summed E-state index contributed by atoms with van der Waals surface area (Å²) >= 11 is 0. The second-order valence-corrected chi connectivity index (χ2v) is 5.11. The summed E-state index contributed by atoms with van der Waals surface area (Å²) in [6, 6.07) is 4.46. The van der Waals surface area contributed by atoms with E-state index in [0.717, 1.165) is 6.07 Å². The third-order valence-corrected chi connectivity index (χ3v) is 2.84. The Labute approximate surface area is 116 Å². The van der Waals surface area contributed by atoms with Gasteiger partial charge >= 0.3 is 6.18 Å². The number of hydrogen-bond donors (Lipinski definition) is 2. The first-order valence-electron chi connectivity index (χ1n) is 6.40. The fourth-order valence-corrected chi connectivity index (χ4v) is 1.88. The highest BCUT2D eigenvalue weighted by Crippen LogP contribution is 2.31. The number of rotatable bonds is 5. The molecule has 3 nitrogen and oxygen atoms in total. The Kier molecular flexibility index (Phi) is 5.56. The Morgan fingerprint density at radius 2 is 1.90 bits per heavy atom. The van der Waals surface area contributed by atoms with E-state index < -0.39 is 23.7 Å². The summed E-state index contributed by atoms with van der Waals surface area (Å²) in [4.78, 5) is 11.7. The topological polar surface area (TPSA) is 55.1 Å². The molecule has 0 aliphatic carbocycles. The minimum Gasteiger partial charge on any atom is -0.351 e. The predicted molar refractivity (Wildman–Crippen MR) is 70.7 cm³/mol. The van der Waals surface area contributed by atoms with Gasteiger partial charge in [0.2, 0.25) is 5.91 Å². The van der Waals surface area contributed by atoms with E-state index in [1.54, 1.807) is 0 Å². The van der Waals surface area contributed by atoms with Crippen LogP contribution in [0, 0.1) is 5.92 Å². The van der Waals surface area contributed by atoms with Crippen molar-refractivity contribution in [2.24, 2.45) is 11.7 Å². The maximum Gasteiger partial charge on any atom is 0.416 e. The maximum atomic E-state index is 12.8. The van der Waals surface area contributed by atoms with E-state index in [2.05, 4.69) is 5.32 Å². The summed E-state index contributed by atoms with van der Waals surface area (Å²) in [7, 11) is 0. The smallest absolute Gasteiger partial charge is 0.351 e. The van der Waals surface area contributed by atoms with Gasteiger partial charge in [-0.15, -0.1) is 0 Å². The highest BCUT2D eigenvalue weighted by atomic mass is 19.4. The van der Waals surface area contributed by atoms with Gasteiger partial charge in [0.25, 0.3) is 0 Å². The number of hydrogen-bond acceptors (Lipinski definition) is 2. The third-order valence-electron chi connectivity index (χ3n) is 2.84. The average molecular weight is 288 g/mol. The molecule has 0 saturated heterocycles. The van der Waals surface area contributed by atoms with Crippen LogP contribution in [0.15, 0.2) is 24.3 Å². The molecule has 3 N–H and O–H groups in total. The summed E-state index contributed by atoms with van der Waals surface area (Å²) < 4.78 is 38.3. The van der Waals surface area contributed by atoms with E-state index in [1.165, 1.54) is 18.2 Å². The van der Waals surface area contributed by atoms with E-state index in [4.69, 9.17) is 5.73 Å². The SMILES string of the molecule is CC(C)CC(N)C(=O)NCc1ccccc1C(F)(F)F. The van der Waals surface area contributed by atoms with Crippen LogP contribution in [-0.2, 0) is 17.5 Å². The highest BCUT2D eigenvalue weighted by molar-refractivity contribution is 5.81. The van der Waals surface area contributed by atoms with E-state index in [1.807, 2.05) is 13.8 Å². The van der Waals surface area contributed by atoms with Crippen molar-refractivity contribution >= 4 is 5.91 Å². The molecule has 1 atom stereocenters. The summed E-state index contributed by atoms with van der Waals surface area (Å²) in [5, 5.41) is 2.45. The third kappa shape index (κ3) is 4.85. The lowest BCUT2D eigenvalue weighted by atomic mass is 10.0. The number of carbonyl (C=O) groups excluding carboxylic acids is 1. The molecule has 112 valence electrons. The van der Waals surface area contributed by atoms with Gasteiger partial charge in [0.1, 0.15) is 0 Å². The largest absolute Gasteiger partial charge is 0.416 e. The monoisotopic (exact) mass is 288 g/mol. The number of nitrogens with one attached hydrogen (secondary N) is 1. The lowest BCUT2D eigenvalue weighted by Crippen LogP contribution is -2.41. The van der Waals surface area contributed by atoms with Gasteiger partial charge in [-0.25, -0.2) is 0 Å². The standard InChI is InChI=1S/C14H19F3N2O/c1-9(2)7-12(18)13(20)19-8-10-5-3-4-6-11(10)14(15,16)17/h3-6,9,12H,7-8,18H2,1-2H3,(H,19,20). The van der Waals surface area contributed by atoms with E-state index >= 15 is 0 Å². The zero-order chi connectivity index (χ0) is 15.3. The van der Waals surface area contributed by atoms with Gasteiger partial charge in [-0.05, 0) is 24.0 Å². The van der Waals surface area contributed by atoms with Gasteiger partial charge in [-0.2, -0.15) is 13.2 Å². The minimum atomic E-state index is -4.43. The molecule has 1 aromatic rings. The van der Waals surface area contributed by atoms with Crippen molar-refractivity contribution in [3.05, 3.63) is 35.4 Å². The molecule has 0 bridgehead atoms. The van der Waals surface area contributed by atoms with Crippen molar-refractivity contribution in [3.8, 4) is 0 Å². The molecular formula is C14H19F3N2O. The zero-order valence-corrected chi connectivity index (χ0v) is 11.5. The first-order chi connectivity index (χ1) is 9.21. The molecule has 0 fully saturated rings. The van der Waals surface area contributed by atoms with Crippen molar-refractivity contribution in [3.63, 3.8) is 0 Å². The van der Waals surface area contributed by atoms with Crippen LogP contribution in [-0.4, -0.2) is 11.9 Å². The van der Waals surface area contributed by atoms with Gasteiger partial charge in [-0.3, -0.25) is 4.79 Å². The second kappa shape index (κ2) is 6.74. The highest BCUT2D eigenvalue weighted by Gasteiger charge is 2.32. The molecule has 0 aliphatic heterocycles. The van der Waals surface area contributed by atoms with Crippen LogP contribution in [0.5, 0.6) is 0 Å². The van der Waals surface area contributed by atoms with Crippen molar-refractivity contribution < 1.29 is 18.0 Å². The molecule has 1 amide bonds. The molecule has 0 aromatic heterocycles. The normalized spacial score (nSPS) is 13.3. The molecular weight excluding hydrogens is 269 g/mol. The number of halogens is 3. The minimum absolute atomic E-state index is 0.0325. The lowest BCUT2D eigenvalue weighted by molar-refractivity contribution is -0.138. The van der Waals surface area contributed by atoms with Crippen molar-refractivity contribution in [2.45, 2.75) is 39.0 Å². The van der Waals surface area contributed by atoms with Gasteiger partial charge in [0.05, 0.1) is 11.6 Å². The van der Waals surface area contributed by atoms with Crippen LogP contribution in [0.2, 0.25) is 0 Å². The van der Waals surface area contributed by atoms with Crippen molar-refractivity contribution in [1.82, 2.24) is 5.32 Å². The molecule has 6 heteroatoms. The maximum absolute atomic E-state index is 12.8. The van der Waals surface area contributed by atoms with Crippen LogP contribution in [0.3, 0.4) is 0 Å². The van der Waals surface area contributed by atoms with E-state index in [-0.39, 0.29) is 18.0 Å². The number of amides is 1. The quantitative estimate of drug-likeness (QED) is 0.875. The van der Waals surface area contributed by atoms with Gasteiger partial charge < -0.3 is 11.1 Å². The molecule has 1 aromatic carbocycles. The number of alkyl halides is 3. The molecule has 0 radical (unpaired) electrons. The fraction of sp³-hybridized carbons (Fsp3) is 0.500. The fourth-order valence-electron chi connectivity index (χ4n) is 1.88. The van der Waals surface area contributed by atoms with Gasteiger partial charge in [0.15, 0.2) is 0 Å². The number of nitrogens with two attached hydrogens (primary N) is 1. The molecule has 0 saturated carbocycles. The lowest BCUT2D eigenvalue weighted by Gasteiger charge is -2.16. The first-order valence-corrected chi connectivity index (χ1v) is 6.40. The number of benzene rings is 1. The van der Waals surface area contributed by atoms with Crippen LogP contribution in [0.25, 0.3) is 0 Å². The predicted octanol–water partition coefficient (Wildman–Crippen LogP) is 2.70. The average Bonchev–Trinajstić information content (AvgIpc) is 2.34. The van der Waals surface area contributed by atoms with E-state index in [0.29, 0.717) is 6.42 Å². The summed E-state index contributed by atoms with van der Waals surface area (Å²) in [5.41, 5.74) is 4.97. The molecule has 0 aliphatic rings. The van der Waals surface area contributed by atoms with Crippen LogP contribution >= 0.6 is 0 Å². The summed E-state index contributed by atoms with van der Waals surface area (Å²) in [5.74, 6) is -0.186. The molecule has 0 heterocycles. The second-order valence-electron chi connectivity index (χ2n) is 5.11. The van der Waals surface area contributed by atoms with Gasteiger partial charge in [-0.1, -0.05) is 32.0 Å². The van der Waals surface area contributed by atoms with Crippen LogP contribution in [0.4, 0.5) is 13.2 Å². The van der Waals surface area contributed by atoms with Crippen LogP contribution in [0.1, 0.15) is 31.4 Å². The van der Waals surface area contributed by atoms with Crippen molar-refractivity contribution in [1.29, 1.82) is 0 Å². The Hall–Kier alpha value is -1.56. The zero-order valence-electron chi connectivity index (χ0n) is 11.5. The van der Waals surface area contributed by atoms with Gasteiger partial charge in [0, 0.05) is 6.54 Å². The molecule has 0 spiro atoms. The Morgan fingerprint density at radius 1 is 1.30 bits per heavy atom. The Bertz CT molecular complexity index is 458. The molecule has 20 heavy (non-hydrogen) atoms. The Morgan fingerprint density at radius 3 is 2.45 bits per heavy atom. The molecule has 1 unspecified atom stereocenters. The summed E-state index contributed by atoms with van der Waals surface area (Å²) in [6.07, 6.45) is -3.94. The van der Waals surface area contributed by atoms with Crippen LogP contribution < -0.4 is 11.1 Å². The molecule has 1 rings (SSSR count). The first kappa shape index (κ1) is 16.5. The Balaban J connectivity index is 2.69. The number of carbonyl (C=O) groups is 1. The van der Waals surface area contributed by atoms with E-state index in [9.17, 15) is 18.0 Å².